The van der Waals surface area contributed by atoms with Crippen LogP contribution in [0.3, 0.4) is 0 Å². The third kappa shape index (κ3) is 2.85. The summed E-state index contributed by atoms with van der Waals surface area (Å²) in [5.74, 6) is 0.802. The number of nitrogens with one attached hydrogen (secondary N) is 1. The molecule has 0 unspecified atom stereocenters. The molecular formula is C13H23N3. The fourth-order valence-electron chi connectivity index (χ4n) is 2.41. The molecule has 1 saturated heterocycles. The van der Waals surface area contributed by atoms with E-state index >= 15 is 0 Å². The first-order chi connectivity index (χ1) is 7.77. The zero-order valence-electron chi connectivity index (χ0n) is 10.4. The Kier molecular flexibility index (Phi) is 3.99. The summed E-state index contributed by atoms with van der Waals surface area (Å²) in [6.45, 7) is 6.84. The van der Waals surface area contributed by atoms with E-state index in [1.165, 1.54) is 31.4 Å². The van der Waals surface area contributed by atoms with Gasteiger partial charge in [-0.3, -0.25) is 0 Å². The predicted molar refractivity (Wildman–Crippen MR) is 66.3 cm³/mol. The molecule has 0 amide bonds. The topological polar surface area (TPSA) is 29.9 Å². The molecule has 90 valence electrons. The van der Waals surface area contributed by atoms with Crippen LogP contribution in [0, 0.1) is 5.92 Å². The van der Waals surface area contributed by atoms with Crippen molar-refractivity contribution in [3.05, 3.63) is 18.2 Å². The first-order valence-electron chi connectivity index (χ1n) is 6.51. The maximum atomic E-state index is 4.29. The number of hydrogen-bond acceptors (Lipinski definition) is 2. The summed E-state index contributed by atoms with van der Waals surface area (Å²) in [5.41, 5.74) is 1.38. The molecule has 0 spiro atoms. The number of imidazole rings is 1. The normalized spacial score (nSPS) is 20.8. The van der Waals surface area contributed by atoms with Gasteiger partial charge in [0.1, 0.15) is 0 Å². The van der Waals surface area contributed by atoms with E-state index in [0.717, 1.165) is 19.0 Å². The van der Waals surface area contributed by atoms with Gasteiger partial charge in [-0.1, -0.05) is 13.8 Å². The van der Waals surface area contributed by atoms with Gasteiger partial charge in [0.2, 0.25) is 0 Å². The van der Waals surface area contributed by atoms with Crippen LogP contribution in [0.25, 0.3) is 0 Å². The van der Waals surface area contributed by atoms with Gasteiger partial charge < -0.3 is 9.88 Å². The van der Waals surface area contributed by atoms with Gasteiger partial charge in [-0.2, -0.15) is 0 Å². The van der Waals surface area contributed by atoms with Gasteiger partial charge >= 0.3 is 0 Å². The molecule has 0 bridgehead atoms. The Morgan fingerprint density at radius 1 is 1.56 bits per heavy atom. The lowest BCUT2D eigenvalue weighted by Gasteiger charge is -2.14. The number of rotatable bonds is 5. The van der Waals surface area contributed by atoms with Crippen molar-refractivity contribution in [2.45, 2.75) is 52.1 Å². The second-order valence-electron chi connectivity index (χ2n) is 5.20. The fourth-order valence-corrected chi connectivity index (χ4v) is 2.41. The van der Waals surface area contributed by atoms with E-state index < -0.39 is 0 Å². The van der Waals surface area contributed by atoms with Crippen LogP contribution < -0.4 is 5.32 Å². The quantitative estimate of drug-likeness (QED) is 0.828. The van der Waals surface area contributed by atoms with E-state index in [9.17, 15) is 0 Å². The van der Waals surface area contributed by atoms with Crippen molar-refractivity contribution in [3.63, 3.8) is 0 Å². The van der Waals surface area contributed by atoms with Crippen molar-refractivity contribution in [2.24, 2.45) is 5.92 Å². The molecule has 2 rings (SSSR count). The molecule has 1 atom stereocenters. The highest BCUT2D eigenvalue weighted by Gasteiger charge is 2.19. The highest BCUT2D eigenvalue weighted by molar-refractivity contribution is 5.07. The third-order valence-electron chi connectivity index (χ3n) is 3.34. The summed E-state index contributed by atoms with van der Waals surface area (Å²) in [6.07, 6.45) is 9.12. The minimum atomic E-state index is 0.543. The van der Waals surface area contributed by atoms with Crippen LogP contribution in [-0.4, -0.2) is 16.1 Å². The summed E-state index contributed by atoms with van der Waals surface area (Å²) >= 11 is 0. The standard InChI is InChI=1S/C13H23N3/c1-11(2)5-4-8-16-10-14-9-13(16)12-6-3-7-15-12/h9-12,15H,3-8H2,1-2H3/t12-/m0/s1. The number of nitrogens with zero attached hydrogens (tertiary/aromatic N) is 2. The number of aryl methyl sites for hydroxylation is 1. The number of aromatic nitrogens is 2. The average molecular weight is 221 g/mol. The summed E-state index contributed by atoms with van der Waals surface area (Å²) < 4.78 is 2.32. The number of hydrogen-bond donors (Lipinski definition) is 1. The van der Waals surface area contributed by atoms with E-state index in [-0.39, 0.29) is 0 Å². The van der Waals surface area contributed by atoms with E-state index in [0.29, 0.717) is 6.04 Å². The first kappa shape index (κ1) is 11.6. The monoisotopic (exact) mass is 221 g/mol. The van der Waals surface area contributed by atoms with Crippen LogP contribution in [0.2, 0.25) is 0 Å². The van der Waals surface area contributed by atoms with Gasteiger partial charge in [0, 0.05) is 18.8 Å². The molecule has 0 radical (unpaired) electrons. The van der Waals surface area contributed by atoms with E-state index in [4.69, 9.17) is 0 Å². The molecule has 1 aromatic heterocycles. The maximum Gasteiger partial charge on any atom is 0.0948 e. The molecule has 0 aliphatic carbocycles. The molecule has 2 heterocycles. The predicted octanol–water partition coefficient (Wildman–Crippen LogP) is 2.74. The molecule has 3 heteroatoms. The first-order valence-corrected chi connectivity index (χ1v) is 6.51. The molecule has 1 aliphatic rings. The van der Waals surface area contributed by atoms with Crippen LogP contribution in [0.5, 0.6) is 0 Å². The minimum absolute atomic E-state index is 0.543. The highest BCUT2D eigenvalue weighted by atomic mass is 15.1. The van der Waals surface area contributed by atoms with Gasteiger partial charge in [-0.25, -0.2) is 4.98 Å². The third-order valence-corrected chi connectivity index (χ3v) is 3.34. The van der Waals surface area contributed by atoms with Crippen LogP contribution in [0.4, 0.5) is 0 Å². The molecule has 1 aliphatic heterocycles. The molecule has 3 nitrogen and oxygen atoms in total. The molecule has 1 aromatic rings. The fraction of sp³-hybridized carbons (Fsp3) is 0.769. The largest absolute Gasteiger partial charge is 0.333 e. The van der Waals surface area contributed by atoms with Gasteiger partial charge in [-0.05, 0) is 38.1 Å². The SMILES string of the molecule is CC(C)CCCn1cncc1[C@@H]1CCCN1. The smallest absolute Gasteiger partial charge is 0.0948 e. The Hall–Kier alpha value is -0.830. The van der Waals surface area contributed by atoms with Gasteiger partial charge in [-0.15, -0.1) is 0 Å². The van der Waals surface area contributed by atoms with Crippen molar-refractivity contribution in [1.82, 2.24) is 14.9 Å². The van der Waals surface area contributed by atoms with Gasteiger partial charge in [0.15, 0.2) is 0 Å². The molecule has 0 saturated carbocycles. The summed E-state index contributed by atoms with van der Waals surface area (Å²) in [6, 6.07) is 0.543. The molecule has 16 heavy (non-hydrogen) atoms. The van der Waals surface area contributed by atoms with Crippen LogP contribution >= 0.6 is 0 Å². The molecular weight excluding hydrogens is 198 g/mol. The zero-order valence-corrected chi connectivity index (χ0v) is 10.4. The lowest BCUT2D eigenvalue weighted by atomic mass is 10.1. The Morgan fingerprint density at radius 3 is 3.12 bits per heavy atom. The van der Waals surface area contributed by atoms with E-state index in [1.54, 1.807) is 0 Å². The second-order valence-corrected chi connectivity index (χ2v) is 5.20. The Morgan fingerprint density at radius 2 is 2.44 bits per heavy atom. The molecule has 1 N–H and O–H groups in total. The van der Waals surface area contributed by atoms with Gasteiger partial charge in [0.05, 0.1) is 12.0 Å². The average Bonchev–Trinajstić information content (AvgIpc) is 2.84. The minimum Gasteiger partial charge on any atom is -0.333 e. The summed E-state index contributed by atoms with van der Waals surface area (Å²) in [4.78, 5) is 4.29. The zero-order chi connectivity index (χ0) is 11.4. The second kappa shape index (κ2) is 5.48. The Balaban J connectivity index is 1.91. The van der Waals surface area contributed by atoms with Crippen LogP contribution in [0.15, 0.2) is 12.5 Å². The molecule has 1 fully saturated rings. The van der Waals surface area contributed by atoms with Crippen molar-refractivity contribution < 1.29 is 0 Å². The van der Waals surface area contributed by atoms with E-state index in [2.05, 4.69) is 28.7 Å². The van der Waals surface area contributed by atoms with Crippen LogP contribution in [-0.2, 0) is 6.54 Å². The van der Waals surface area contributed by atoms with Crippen molar-refractivity contribution in [3.8, 4) is 0 Å². The summed E-state index contributed by atoms with van der Waals surface area (Å²) in [7, 11) is 0. The van der Waals surface area contributed by atoms with Gasteiger partial charge in [0.25, 0.3) is 0 Å². The summed E-state index contributed by atoms with van der Waals surface area (Å²) in [5, 5.41) is 3.54. The van der Waals surface area contributed by atoms with Crippen molar-refractivity contribution in [1.29, 1.82) is 0 Å². The van der Waals surface area contributed by atoms with Crippen LogP contribution in [0.1, 0.15) is 51.3 Å². The highest BCUT2D eigenvalue weighted by Crippen LogP contribution is 2.22. The van der Waals surface area contributed by atoms with E-state index in [1.807, 2.05) is 12.5 Å². The van der Waals surface area contributed by atoms with Crippen molar-refractivity contribution in [2.75, 3.05) is 6.54 Å². The van der Waals surface area contributed by atoms with Crippen molar-refractivity contribution >= 4 is 0 Å². The molecule has 0 aromatic carbocycles. The lowest BCUT2D eigenvalue weighted by Crippen LogP contribution is -2.17. The Labute approximate surface area is 98.3 Å². The Bertz CT molecular complexity index is 311. The lowest BCUT2D eigenvalue weighted by molar-refractivity contribution is 0.490. The maximum absolute atomic E-state index is 4.29.